The van der Waals surface area contributed by atoms with Crippen molar-refractivity contribution in [3.05, 3.63) is 24.3 Å². The van der Waals surface area contributed by atoms with Crippen molar-refractivity contribution in [1.29, 1.82) is 0 Å². The van der Waals surface area contributed by atoms with Gasteiger partial charge in [-0.25, -0.2) is 0 Å². The number of anilines is 1. The summed E-state index contributed by atoms with van der Waals surface area (Å²) < 4.78 is 5.59. The van der Waals surface area contributed by atoms with E-state index in [-0.39, 0.29) is 5.91 Å². The molecule has 0 atom stereocenters. The molecular weight excluding hydrogens is 252 g/mol. The van der Waals surface area contributed by atoms with Gasteiger partial charge in [0.15, 0.2) is 0 Å². The highest BCUT2D eigenvalue weighted by atomic mass is 16.5. The smallest absolute Gasteiger partial charge is 0.226 e. The number of nitrogens with zero attached hydrogens (tertiary/aromatic N) is 1. The molecule has 0 saturated heterocycles. The van der Waals surface area contributed by atoms with E-state index < -0.39 is 0 Å². The SMILES string of the molecule is CCN(C(=O)CCOc1ccccc1N)C1CCCC1. The van der Waals surface area contributed by atoms with Gasteiger partial charge in [-0.1, -0.05) is 25.0 Å². The molecule has 110 valence electrons. The molecular formula is C16H24N2O2. The largest absolute Gasteiger partial charge is 0.491 e. The van der Waals surface area contributed by atoms with Gasteiger partial charge in [-0.15, -0.1) is 0 Å². The van der Waals surface area contributed by atoms with Crippen LogP contribution in [0.25, 0.3) is 0 Å². The van der Waals surface area contributed by atoms with Gasteiger partial charge in [0.2, 0.25) is 5.91 Å². The molecule has 0 radical (unpaired) electrons. The van der Waals surface area contributed by atoms with Crippen LogP contribution in [0.4, 0.5) is 5.69 Å². The number of ether oxygens (including phenoxy) is 1. The van der Waals surface area contributed by atoms with Crippen molar-refractivity contribution in [2.45, 2.75) is 45.1 Å². The Morgan fingerprint density at radius 3 is 2.70 bits per heavy atom. The van der Waals surface area contributed by atoms with Crippen molar-refractivity contribution in [3.63, 3.8) is 0 Å². The fraction of sp³-hybridized carbons (Fsp3) is 0.562. The lowest BCUT2D eigenvalue weighted by atomic mass is 10.2. The number of para-hydroxylation sites is 2. The molecule has 4 heteroatoms. The average Bonchev–Trinajstić information content (AvgIpc) is 2.96. The molecule has 4 nitrogen and oxygen atoms in total. The lowest BCUT2D eigenvalue weighted by molar-refractivity contribution is -0.133. The maximum absolute atomic E-state index is 12.3. The fourth-order valence-corrected chi connectivity index (χ4v) is 2.86. The Hall–Kier alpha value is -1.71. The molecule has 0 bridgehead atoms. The molecule has 0 spiro atoms. The molecule has 1 saturated carbocycles. The van der Waals surface area contributed by atoms with Gasteiger partial charge in [-0.3, -0.25) is 4.79 Å². The quantitative estimate of drug-likeness (QED) is 0.813. The zero-order valence-corrected chi connectivity index (χ0v) is 12.2. The molecule has 1 aliphatic carbocycles. The van der Waals surface area contributed by atoms with Gasteiger partial charge in [0, 0.05) is 12.6 Å². The third-order valence-electron chi connectivity index (χ3n) is 3.92. The van der Waals surface area contributed by atoms with Crippen molar-refractivity contribution in [2.75, 3.05) is 18.9 Å². The molecule has 2 rings (SSSR count). The van der Waals surface area contributed by atoms with Gasteiger partial charge < -0.3 is 15.4 Å². The summed E-state index contributed by atoms with van der Waals surface area (Å²) in [6.45, 7) is 3.22. The molecule has 1 amide bonds. The van der Waals surface area contributed by atoms with Crippen LogP contribution in [0.15, 0.2) is 24.3 Å². The van der Waals surface area contributed by atoms with Crippen molar-refractivity contribution in [2.24, 2.45) is 0 Å². The van der Waals surface area contributed by atoms with Crippen LogP contribution in [0.5, 0.6) is 5.75 Å². The maximum atomic E-state index is 12.3. The minimum atomic E-state index is 0.189. The number of hydrogen-bond donors (Lipinski definition) is 1. The van der Waals surface area contributed by atoms with Gasteiger partial charge in [0.25, 0.3) is 0 Å². The van der Waals surface area contributed by atoms with Crippen molar-refractivity contribution in [1.82, 2.24) is 4.90 Å². The van der Waals surface area contributed by atoms with E-state index in [4.69, 9.17) is 10.5 Å². The molecule has 1 aromatic rings. The molecule has 0 aliphatic heterocycles. The van der Waals surface area contributed by atoms with Crippen LogP contribution in [0.1, 0.15) is 39.0 Å². The highest BCUT2D eigenvalue weighted by molar-refractivity contribution is 5.76. The molecule has 0 aromatic heterocycles. The van der Waals surface area contributed by atoms with E-state index in [2.05, 4.69) is 0 Å². The lowest BCUT2D eigenvalue weighted by Crippen LogP contribution is -2.39. The van der Waals surface area contributed by atoms with E-state index in [0.29, 0.717) is 30.5 Å². The van der Waals surface area contributed by atoms with Crippen LogP contribution in [-0.2, 0) is 4.79 Å². The van der Waals surface area contributed by atoms with Crippen LogP contribution in [0.2, 0.25) is 0 Å². The molecule has 0 unspecified atom stereocenters. The van der Waals surface area contributed by atoms with Crippen LogP contribution < -0.4 is 10.5 Å². The first-order valence-electron chi connectivity index (χ1n) is 7.49. The Labute approximate surface area is 120 Å². The number of amides is 1. The highest BCUT2D eigenvalue weighted by Crippen LogP contribution is 2.24. The second kappa shape index (κ2) is 7.17. The van der Waals surface area contributed by atoms with Crippen LogP contribution in [-0.4, -0.2) is 30.0 Å². The number of nitrogens with two attached hydrogens (primary N) is 1. The van der Waals surface area contributed by atoms with Crippen LogP contribution >= 0.6 is 0 Å². The summed E-state index contributed by atoms with van der Waals surface area (Å²) in [6, 6.07) is 7.81. The summed E-state index contributed by atoms with van der Waals surface area (Å²) in [4.78, 5) is 14.3. The van der Waals surface area contributed by atoms with E-state index >= 15 is 0 Å². The average molecular weight is 276 g/mol. The highest BCUT2D eigenvalue weighted by Gasteiger charge is 2.24. The summed E-state index contributed by atoms with van der Waals surface area (Å²) in [5.74, 6) is 0.845. The first-order chi connectivity index (χ1) is 9.72. The Balaban J connectivity index is 1.80. The Kier molecular flexibility index (Phi) is 5.27. The summed E-state index contributed by atoms with van der Waals surface area (Å²) in [7, 11) is 0. The van der Waals surface area contributed by atoms with E-state index in [1.165, 1.54) is 12.8 Å². The predicted molar refractivity (Wildman–Crippen MR) is 80.6 cm³/mol. The minimum absolute atomic E-state index is 0.189. The third-order valence-corrected chi connectivity index (χ3v) is 3.92. The van der Waals surface area contributed by atoms with Crippen molar-refractivity contribution in [3.8, 4) is 5.75 Å². The summed E-state index contributed by atoms with van der Waals surface area (Å²) in [5, 5.41) is 0. The number of benzene rings is 1. The zero-order valence-electron chi connectivity index (χ0n) is 12.2. The number of carbonyl (C=O) groups is 1. The van der Waals surface area contributed by atoms with Gasteiger partial charge in [0.05, 0.1) is 18.7 Å². The monoisotopic (exact) mass is 276 g/mol. The summed E-state index contributed by atoms with van der Waals surface area (Å²) >= 11 is 0. The predicted octanol–water partition coefficient (Wildman–Crippen LogP) is 2.83. The molecule has 1 aromatic carbocycles. The van der Waals surface area contributed by atoms with E-state index in [9.17, 15) is 4.79 Å². The Morgan fingerprint density at radius 2 is 2.05 bits per heavy atom. The topological polar surface area (TPSA) is 55.6 Å². The number of hydrogen-bond acceptors (Lipinski definition) is 3. The molecule has 20 heavy (non-hydrogen) atoms. The maximum Gasteiger partial charge on any atom is 0.226 e. The lowest BCUT2D eigenvalue weighted by Gasteiger charge is -2.27. The van der Waals surface area contributed by atoms with Gasteiger partial charge in [-0.2, -0.15) is 0 Å². The third kappa shape index (κ3) is 3.65. The van der Waals surface area contributed by atoms with E-state index in [1.54, 1.807) is 6.07 Å². The second-order valence-electron chi connectivity index (χ2n) is 5.25. The number of carbonyl (C=O) groups excluding carboxylic acids is 1. The van der Waals surface area contributed by atoms with Crippen molar-refractivity contribution < 1.29 is 9.53 Å². The van der Waals surface area contributed by atoms with Gasteiger partial charge >= 0.3 is 0 Å². The standard InChI is InChI=1S/C16H24N2O2/c1-2-18(13-7-3-4-8-13)16(19)11-12-20-15-10-6-5-9-14(15)17/h5-6,9-10,13H,2-4,7-8,11-12,17H2,1H3. The summed E-state index contributed by atoms with van der Waals surface area (Å²) in [5.41, 5.74) is 6.42. The minimum Gasteiger partial charge on any atom is -0.491 e. The molecule has 1 aliphatic rings. The summed E-state index contributed by atoms with van der Waals surface area (Å²) in [6.07, 6.45) is 5.19. The second-order valence-corrected chi connectivity index (χ2v) is 5.25. The number of rotatable bonds is 6. The normalized spacial score (nSPS) is 15.2. The number of nitrogen functional groups attached to an aromatic ring is 1. The van der Waals surface area contributed by atoms with E-state index in [0.717, 1.165) is 19.4 Å². The first kappa shape index (κ1) is 14.7. The molecule has 2 N–H and O–H groups in total. The van der Waals surface area contributed by atoms with Crippen LogP contribution in [0.3, 0.4) is 0 Å². The molecule has 0 heterocycles. The van der Waals surface area contributed by atoms with Crippen molar-refractivity contribution >= 4 is 11.6 Å². The van der Waals surface area contributed by atoms with Gasteiger partial charge in [-0.05, 0) is 31.9 Å². The zero-order chi connectivity index (χ0) is 14.4. The molecule has 1 fully saturated rings. The van der Waals surface area contributed by atoms with Gasteiger partial charge in [0.1, 0.15) is 5.75 Å². The van der Waals surface area contributed by atoms with E-state index in [1.807, 2.05) is 30.0 Å². The fourth-order valence-electron chi connectivity index (χ4n) is 2.86. The first-order valence-corrected chi connectivity index (χ1v) is 7.49. The Morgan fingerprint density at radius 1 is 1.35 bits per heavy atom. The Bertz CT molecular complexity index is 442. The van der Waals surface area contributed by atoms with Crippen LogP contribution in [0, 0.1) is 0 Å².